The minimum absolute atomic E-state index is 0. The first-order chi connectivity index (χ1) is 6.24. The average Bonchev–Trinajstić information content (AvgIpc) is 2.55. The van der Waals surface area contributed by atoms with Crippen LogP contribution in [-0.4, -0.2) is 12.6 Å². The van der Waals surface area contributed by atoms with E-state index < -0.39 is 0 Å². The number of halogens is 1. The summed E-state index contributed by atoms with van der Waals surface area (Å²) in [5.74, 6) is -0.233. The zero-order valence-corrected chi connectivity index (χ0v) is 9.57. The zero-order chi connectivity index (χ0) is 9.68. The van der Waals surface area contributed by atoms with Crippen LogP contribution in [0.15, 0.2) is 17.5 Å². The molecule has 1 rings (SSSR count). The van der Waals surface area contributed by atoms with Gasteiger partial charge in [0.05, 0.1) is 13.0 Å². The molecule has 0 aliphatic rings. The number of hydrogen-bond acceptors (Lipinski definition) is 4. The fraction of sp³-hybridized carbons (Fsp3) is 0.444. The van der Waals surface area contributed by atoms with Crippen LogP contribution >= 0.6 is 23.7 Å². The molecule has 0 bridgehead atoms. The fourth-order valence-electron chi connectivity index (χ4n) is 1.00. The number of rotatable bonds is 4. The van der Waals surface area contributed by atoms with Crippen LogP contribution in [0.5, 0.6) is 0 Å². The SMILES string of the molecule is CCOC(=O)C[C@H](N)c1cccs1.Cl. The smallest absolute Gasteiger partial charge is 0.307 e. The van der Waals surface area contributed by atoms with E-state index in [0.29, 0.717) is 6.61 Å². The maximum absolute atomic E-state index is 11.1. The van der Waals surface area contributed by atoms with Crippen molar-refractivity contribution in [3.8, 4) is 0 Å². The van der Waals surface area contributed by atoms with Gasteiger partial charge in [-0.1, -0.05) is 6.07 Å². The lowest BCUT2D eigenvalue weighted by atomic mass is 10.2. The molecule has 0 spiro atoms. The first-order valence-corrected chi connectivity index (χ1v) is 5.06. The van der Waals surface area contributed by atoms with Gasteiger partial charge < -0.3 is 10.5 Å². The number of ether oxygens (including phenoxy) is 1. The molecule has 5 heteroatoms. The first kappa shape index (κ1) is 13.4. The van der Waals surface area contributed by atoms with Gasteiger partial charge in [0.2, 0.25) is 0 Å². The lowest BCUT2D eigenvalue weighted by Gasteiger charge is -2.07. The molecule has 0 radical (unpaired) electrons. The first-order valence-electron chi connectivity index (χ1n) is 4.18. The highest BCUT2D eigenvalue weighted by molar-refractivity contribution is 7.10. The Kier molecular flexibility index (Phi) is 6.53. The summed E-state index contributed by atoms with van der Waals surface area (Å²) < 4.78 is 4.80. The summed E-state index contributed by atoms with van der Waals surface area (Å²) in [5, 5.41) is 1.94. The van der Waals surface area contributed by atoms with E-state index in [1.165, 1.54) is 0 Å². The van der Waals surface area contributed by atoms with Gasteiger partial charge in [0.25, 0.3) is 0 Å². The van der Waals surface area contributed by atoms with Gasteiger partial charge in [-0.3, -0.25) is 4.79 Å². The number of thiophene rings is 1. The van der Waals surface area contributed by atoms with E-state index in [-0.39, 0.29) is 30.8 Å². The number of carbonyl (C=O) groups is 1. The van der Waals surface area contributed by atoms with Crippen molar-refractivity contribution in [1.29, 1.82) is 0 Å². The zero-order valence-electron chi connectivity index (χ0n) is 7.93. The quantitative estimate of drug-likeness (QED) is 0.814. The second-order valence-corrected chi connectivity index (χ2v) is 3.61. The molecule has 1 aromatic rings. The van der Waals surface area contributed by atoms with Crippen molar-refractivity contribution >= 4 is 29.7 Å². The third-order valence-corrected chi connectivity index (χ3v) is 2.60. The van der Waals surface area contributed by atoms with Gasteiger partial charge >= 0.3 is 5.97 Å². The molecule has 0 aromatic carbocycles. The highest BCUT2D eigenvalue weighted by Gasteiger charge is 2.12. The molecule has 0 aliphatic carbocycles. The Balaban J connectivity index is 0.00000169. The molecule has 14 heavy (non-hydrogen) atoms. The van der Waals surface area contributed by atoms with Crippen LogP contribution in [0, 0.1) is 0 Å². The Morgan fingerprint density at radius 3 is 2.93 bits per heavy atom. The van der Waals surface area contributed by atoms with Crippen molar-refractivity contribution in [2.75, 3.05) is 6.61 Å². The molecule has 0 saturated carbocycles. The van der Waals surface area contributed by atoms with E-state index >= 15 is 0 Å². The van der Waals surface area contributed by atoms with Crippen molar-refractivity contribution in [1.82, 2.24) is 0 Å². The lowest BCUT2D eigenvalue weighted by Crippen LogP contribution is -2.16. The van der Waals surface area contributed by atoms with Gasteiger partial charge in [0.1, 0.15) is 0 Å². The average molecular weight is 236 g/mol. The Hall–Kier alpha value is -0.580. The number of nitrogens with two attached hydrogens (primary N) is 1. The van der Waals surface area contributed by atoms with E-state index in [9.17, 15) is 4.79 Å². The summed E-state index contributed by atoms with van der Waals surface area (Å²) in [6.45, 7) is 2.20. The molecule has 1 heterocycles. The van der Waals surface area contributed by atoms with E-state index in [4.69, 9.17) is 10.5 Å². The molecule has 3 nitrogen and oxygen atoms in total. The van der Waals surface area contributed by atoms with E-state index in [1.807, 2.05) is 17.5 Å². The lowest BCUT2D eigenvalue weighted by molar-refractivity contribution is -0.143. The van der Waals surface area contributed by atoms with Crippen LogP contribution in [0.4, 0.5) is 0 Å². The largest absolute Gasteiger partial charge is 0.466 e. The standard InChI is InChI=1S/C9H13NO2S.ClH/c1-2-12-9(11)6-7(10)8-4-3-5-13-8;/h3-5,7H,2,6,10H2,1H3;1H/t7-;/m0./s1. The fourth-order valence-corrected chi connectivity index (χ4v) is 1.73. The van der Waals surface area contributed by atoms with E-state index in [2.05, 4.69) is 0 Å². The van der Waals surface area contributed by atoms with Crippen molar-refractivity contribution < 1.29 is 9.53 Å². The maximum Gasteiger partial charge on any atom is 0.307 e. The highest BCUT2D eigenvalue weighted by Crippen LogP contribution is 2.19. The van der Waals surface area contributed by atoms with Crippen LogP contribution in [0.3, 0.4) is 0 Å². The predicted octanol–water partition coefficient (Wildman–Crippen LogP) is 2.12. The molecule has 80 valence electrons. The third-order valence-electron chi connectivity index (χ3n) is 1.60. The van der Waals surface area contributed by atoms with Gasteiger partial charge in [-0.05, 0) is 18.4 Å². The van der Waals surface area contributed by atoms with E-state index in [0.717, 1.165) is 4.88 Å². The molecule has 0 fully saturated rings. The van der Waals surface area contributed by atoms with Crippen molar-refractivity contribution in [3.05, 3.63) is 22.4 Å². The van der Waals surface area contributed by atoms with Gasteiger partial charge in [0.15, 0.2) is 0 Å². The molecular weight excluding hydrogens is 222 g/mol. The molecule has 1 atom stereocenters. The minimum Gasteiger partial charge on any atom is -0.466 e. The molecule has 2 N–H and O–H groups in total. The van der Waals surface area contributed by atoms with Gasteiger partial charge in [-0.2, -0.15) is 0 Å². The molecule has 1 aromatic heterocycles. The Labute approximate surface area is 93.7 Å². The van der Waals surface area contributed by atoms with Gasteiger partial charge in [-0.25, -0.2) is 0 Å². The van der Waals surface area contributed by atoms with Crippen LogP contribution in [0.2, 0.25) is 0 Å². The summed E-state index contributed by atoms with van der Waals surface area (Å²) >= 11 is 1.56. The summed E-state index contributed by atoms with van der Waals surface area (Å²) in [5.41, 5.74) is 5.78. The highest BCUT2D eigenvalue weighted by atomic mass is 35.5. The molecular formula is C9H14ClNO2S. The maximum atomic E-state index is 11.1. The van der Waals surface area contributed by atoms with Crippen LogP contribution in [0.25, 0.3) is 0 Å². The summed E-state index contributed by atoms with van der Waals surface area (Å²) in [6, 6.07) is 3.62. The molecule has 0 unspecified atom stereocenters. The summed E-state index contributed by atoms with van der Waals surface area (Å²) in [6.07, 6.45) is 0.258. The second-order valence-electron chi connectivity index (χ2n) is 2.63. The van der Waals surface area contributed by atoms with Crippen LogP contribution in [0.1, 0.15) is 24.3 Å². The van der Waals surface area contributed by atoms with Gasteiger partial charge in [0, 0.05) is 10.9 Å². The summed E-state index contributed by atoms with van der Waals surface area (Å²) in [4.78, 5) is 12.1. The summed E-state index contributed by atoms with van der Waals surface area (Å²) in [7, 11) is 0. The Morgan fingerprint density at radius 2 is 2.43 bits per heavy atom. The van der Waals surface area contributed by atoms with E-state index in [1.54, 1.807) is 18.3 Å². The van der Waals surface area contributed by atoms with Crippen LogP contribution in [-0.2, 0) is 9.53 Å². The molecule has 0 aliphatic heterocycles. The predicted molar refractivity (Wildman–Crippen MR) is 59.7 cm³/mol. The van der Waals surface area contributed by atoms with Crippen molar-refractivity contribution in [2.24, 2.45) is 5.73 Å². The Bertz CT molecular complexity index is 264. The van der Waals surface area contributed by atoms with Crippen molar-refractivity contribution in [2.45, 2.75) is 19.4 Å². The monoisotopic (exact) mass is 235 g/mol. The molecule has 0 saturated heterocycles. The number of esters is 1. The van der Waals surface area contributed by atoms with Crippen molar-refractivity contribution in [3.63, 3.8) is 0 Å². The molecule has 0 amide bonds. The topological polar surface area (TPSA) is 52.3 Å². The van der Waals surface area contributed by atoms with Crippen LogP contribution < -0.4 is 5.73 Å². The second kappa shape index (κ2) is 6.81. The minimum atomic E-state index is -0.233. The normalized spacial score (nSPS) is 11.6. The number of carbonyl (C=O) groups excluding carboxylic acids is 1. The Morgan fingerprint density at radius 1 is 1.71 bits per heavy atom. The number of hydrogen-bond donors (Lipinski definition) is 1. The third kappa shape index (κ3) is 4.09. The van der Waals surface area contributed by atoms with Gasteiger partial charge in [-0.15, -0.1) is 23.7 Å².